The Morgan fingerprint density at radius 3 is 2.62 bits per heavy atom. The first-order valence-electron chi connectivity index (χ1n) is 13.2. The molecule has 0 aliphatic heterocycles. The first-order chi connectivity index (χ1) is 19.3. The molecule has 8 heteroatoms. The Labute approximate surface area is 236 Å². The highest BCUT2D eigenvalue weighted by atomic mass is 32.1. The van der Waals surface area contributed by atoms with Gasteiger partial charge >= 0.3 is 0 Å². The molecule has 1 saturated carbocycles. The van der Waals surface area contributed by atoms with Crippen LogP contribution in [0.15, 0.2) is 72.1 Å². The summed E-state index contributed by atoms with van der Waals surface area (Å²) in [6.07, 6.45) is 0.889. The molecule has 3 unspecified atom stereocenters. The van der Waals surface area contributed by atoms with Gasteiger partial charge in [0.15, 0.2) is 5.13 Å². The Bertz CT molecular complexity index is 1660. The van der Waals surface area contributed by atoms with Crippen molar-refractivity contribution < 1.29 is 19.1 Å². The number of fused-ring (bicyclic) bond motifs is 2. The number of thiazole rings is 1. The molecule has 3 aromatic carbocycles. The minimum atomic E-state index is -0.699. The second kappa shape index (κ2) is 10.0. The van der Waals surface area contributed by atoms with Crippen molar-refractivity contribution in [2.75, 3.05) is 17.7 Å². The summed E-state index contributed by atoms with van der Waals surface area (Å²) < 4.78 is 5.36. The zero-order valence-electron chi connectivity index (χ0n) is 22.5. The minimum Gasteiger partial charge on any atom is -0.496 e. The number of hydrogen-bond acceptors (Lipinski definition) is 6. The summed E-state index contributed by atoms with van der Waals surface area (Å²) in [6.45, 7) is 3.90. The van der Waals surface area contributed by atoms with E-state index in [4.69, 9.17) is 4.74 Å². The molecule has 1 heterocycles. The lowest BCUT2D eigenvalue weighted by molar-refractivity contribution is -0.134. The van der Waals surface area contributed by atoms with Gasteiger partial charge in [0.25, 0.3) is 5.91 Å². The molecule has 4 aromatic rings. The van der Waals surface area contributed by atoms with E-state index in [0.29, 0.717) is 40.7 Å². The van der Waals surface area contributed by atoms with E-state index in [-0.39, 0.29) is 29.4 Å². The van der Waals surface area contributed by atoms with E-state index in [2.05, 4.69) is 15.6 Å². The van der Waals surface area contributed by atoms with Crippen molar-refractivity contribution in [2.45, 2.75) is 38.5 Å². The number of nitrogens with one attached hydrogen (secondary N) is 2. The van der Waals surface area contributed by atoms with Crippen molar-refractivity contribution in [3.63, 3.8) is 0 Å². The molecular weight excluding hydrogens is 522 g/mol. The van der Waals surface area contributed by atoms with Crippen LogP contribution in [0.4, 0.5) is 10.8 Å². The second-order valence-electron chi connectivity index (χ2n) is 10.7. The summed E-state index contributed by atoms with van der Waals surface area (Å²) in [6, 6.07) is 20.7. The SMILES string of the molecule is COc1cc(NC(=O)c2cccc(-c3csc(NC(=O)C4(C)CC5C(=O)CC4c4ccccc45)n3)c2)ccc1C. The molecule has 0 saturated heterocycles. The van der Waals surface area contributed by atoms with Gasteiger partial charge in [0.05, 0.1) is 18.2 Å². The highest BCUT2D eigenvalue weighted by Crippen LogP contribution is 2.57. The van der Waals surface area contributed by atoms with Gasteiger partial charge in [0.2, 0.25) is 5.91 Å². The van der Waals surface area contributed by atoms with E-state index in [9.17, 15) is 14.4 Å². The molecule has 7 rings (SSSR count). The number of carbonyl (C=O) groups excluding carboxylic acids is 3. The third-order valence-corrected chi connectivity index (χ3v) is 9.03. The second-order valence-corrected chi connectivity index (χ2v) is 11.6. The first-order valence-corrected chi connectivity index (χ1v) is 14.1. The number of methoxy groups -OCH3 is 1. The molecule has 2 amide bonds. The Hall–Kier alpha value is -4.30. The summed E-state index contributed by atoms with van der Waals surface area (Å²) in [7, 11) is 1.60. The maximum atomic E-state index is 13.6. The number of benzene rings is 3. The third kappa shape index (κ3) is 4.48. The van der Waals surface area contributed by atoms with Crippen LogP contribution in [0, 0.1) is 12.3 Å². The fourth-order valence-electron chi connectivity index (χ4n) is 6.01. The van der Waals surface area contributed by atoms with Crippen molar-refractivity contribution >= 4 is 39.8 Å². The largest absolute Gasteiger partial charge is 0.496 e. The number of hydrogen-bond donors (Lipinski definition) is 2. The number of carbonyl (C=O) groups is 3. The van der Waals surface area contributed by atoms with Crippen molar-refractivity contribution in [1.82, 2.24) is 4.98 Å². The average Bonchev–Trinajstić information content (AvgIpc) is 3.43. The zero-order valence-corrected chi connectivity index (χ0v) is 23.3. The quantitative estimate of drug-likeness (QED) is 0.283. The molecule has 2 N–H and O–H groups in total. The van der Waals surface area contributed by atoms with Crippen molar-refractivity contribution in [3.8, 4) is 17.0 Å². The van der Waals surface area contributed by atoms with E-state index in [1.165, 1.54) is 11.3 Å². The number of aryl methyl sites for hydroxylation is 1. The Balaban J connectivity index is 1.18. The number of rotatable bonds is 6. The molecule has 3 atom stereocenters. The Kier molecular flexibility index (Phi) is 6.50. The highest BCUT2D eigenvalue weighted by Gasteiger charge is 2.54. The molecule has 7 nitrogen and oxygen atoms in total. The Morgan fingerprint density at radius 2 is 1.82 bits per heavy atom. The van der Waals surface area contributed by atoms with Gasteiger partial charge < -0.3 is 15.4 Å². The molecule has 1 aromatic heterocycles. The number of Topliss-reactive ketones (excluding diaryl/α,β-unsaturated/α-hetero) is 1. The molecule has 1 fully saturated rings. The van der Waals surface area contributed by atoms with Gasteiger partial charge in [-0.25, -0.2) is 4.98 Å². The average molecular weight is 552 g/mol. The molecule has 3 aliphatic rings. The van der Waals surface area contributed by atoms with Crippen LogP contribution in [0.25, 0.3) is 11.3 Å². The molecule has 40 heavy (non-hydrogen) atoms. The molecule has 202 valence electrons. The van der Waals surface area contributed by atoms with Crippen molar-refractivity contribution in [2.24, 2.45) is 5.41 Å². The zero-order chi connectivity index (χ0) is 28.0. The molecule has 2 bridgehead atoms. The summed E-state index contributed by atoms with van der Waals surface area (Å²) in [5.74, 6) is 0.173. The van der Waals surface area contributed by atoms with Crippen LogP contribution in [0.1, 0.15) is 58.6 Å². The van der Waals surface area contributed by atoms with Gasteiger partial charge in [-0.1, -0.05) is 49.4 Å². The van der Waals surface area contributed by atoms with Gasteiger partial charge in [-0.05, 0) is 48.2 Å². The van der Waals surface area contributed by atoms with Crippen LogP contribution in [0.5, 0.6) is 5.75 Å². The molecular formula is C32H29N3O4S. The monoisotopic (exact) mass is 551 g/mol. The topological polar surface area (TPSA) is 97.4 Å². The molecule has 0 spiro atoms. The van der Waals surface area contributed by atoms with Crippen LogP contribution in [-0.4, -0.2) is 29.7 Å². The maximum Gasteiger partial charge on any atom is 0.255 e. The Morgan fingerprint density at radius 1 is 1.02 bits per heavy atom. The van der Waals surface area contributed by atoms with Gasteiger partial charge in [-0.15, -0.1) is 11.3 Å². The summed E-state index contributed by atoms with van der Waals surface area (Å²) in [4.78, 5) is 43.9. The standard InChI is InChI=1S/C32H29N3O4S/c1-18-11-12-21(14-28(18)39-3)33-29(37)20-8-6-7-19(13-20)26-17-40-31(34-26)35-30(38)32(2)16-24-22-9-4-5-10-23(22)25(32)15-27(24)36/h4-14,17,24-25H,15-16H2,1-3H3,(H,33,37)(H,34,35,38). The van der Waals surface area contributed by atoms with Gasteiger partial charge in [-0.2, -0.15) is 0 Å². The minimum absolute atomic E-state index is 0.118. The fraction of sp³-hybridized carbons (Fsp3) is 0.250. The molecule has 3 aliphatic carbocycles. The first kappa shape index (κ1) is 26.0. The van der Waals surface area contributed by atoms with Crippen molar-refractivity contribution in [1.29, 1.82) is 0 Å². The van der Waals surface area contributed by atoms with Crippen molar-refractivity contribution in [3.05, 3.63) is 94.4 Å². The van der Waals surface area contributed by atoms with Crippen LogP contribution >= 0.6 is 11.3 Å². The molecule has 0 radical (unpaired) electrons. The fourth-order valence-corrected chi connectivity index (χ4v) is 6.72. The number of aromatic nitrogens is 1. The van der Waals surface area contributed by atoms with E-state index in [1.807, 2.05) is 67.8 Å². The predicted octanol–water partition coefficient (Wildman–Crippen LogP) is 6.57. The normalized spacial score (nSPS) is 21.0. The van der Waals surface area contributed by atoms with Crippen LogP contribution in [-0.2, 0) is 9.59 Å². The van der Waals surface area contributed by atoms with Crippen LogP contribution in [0.2, 0.25) is 0 Å². The number of nitrogens with zero attached hydrogens (tertiary/aromatic N) is 1. The number of ether oxygens (including phenoxy) is 1. The van der Waals surface area contributed by atoms with Crippen LogP contribution < -0.4 is 15.4 Å². The van der Waals surface area contributed by atoms with Crippen LogP contribution in [0.3, 0.4) is 0 Å². The summed E-state index contributed by atoms with van der Waals surface area (Å²) in [5, 5.41) is 8.30. The summed E-state index contributed by atoms with van der Waals surface area (Å²) in [5.41, 5.74) is 5.03. The summed E-state index contributed by atoms with van der Waals surface area (Å²) >= 11 is 1.34. The smallest absolute Gasteiger partial charge is 0.255 e. The lowest BCUT2D eigenvalue weighted by Crippen LogP contribution is -2.49. The van der Waals surface area contributed by atoms with Gasteiger partial charge in [0, 0.05) is 46.5 Å². The number of amides is 2. The highest BCUT2D eigenvalue weighted by molar-refractivity contribution is 7.14. The van der Waals surface area contributed by atoms with Gasteiger partial charge in [-0.3, -0.25) is 14.4 Å². The lowest BCUT2D eigenvalue weighted by Gasteiger charge is -2.48. The van der Waals surface area contributed by atoms with E-state index >= 15 is 0 Å². The van der Waals surface area contributed by atoms with Gasteiger partial charge in [0.1, 0.15) is 11.5 Å². The lowest BCUT2D eigenvalue weighted by atomic mass is 9.54. The van der Waals surface area contributed by atoms with E-state index in [0.717, 1.165) is 22.3 Å². The third-order valence-electron chi connectivity index (χ3n) is 8.27. The number of anilines is 2. The van der Waals surface area contributed by atoms with E-state index in [1.54, 1.807) is 25.3 Å². The predicted molar refractivity (Wildman–Crippen MR) is 156 cm³/mol. The maximum absolute atomic E-state index is 13.6. The van der Waals surface area contributed by atoms with E-state index < -0.39 is 5.41 Å². The number of ketones is 1.